The van der Waals surface area contributed by atoms with Gasteiger partial charge in [0.05, 0.1) is 11.9 Å². The molecule has 2 aromatic heterocycles. The highest BCUT2D eigenvalue weighted by Gasteiger charge is 2.19. The number of allylic oxidation sites excluding steroid dienone is 2. The van der Waals surface area contributed by atoms with E-state index in [0.717, 1.165) is 25.3 Å². The number of carbonyl (C=O) groups is 1. The number of hydrogen-bond donors (Lipinski definition) is 1. The van der Waals surface area contributed by atoms with Gasteiger partial charge in [-0.3, -0.25) is 4.79 Å². The Labute approximate surface area is 162 Å². The van der Waals surface area contributed by atoms with Crippen molar-refractivity contribution in [1.82, 2.24) is 29.7 Å². The lowest BCUT2D eigenvalue weighted by Crippen LogP contribution is -2.35. The first-order chi connectivity index (χ1) is 13.4. The lowest BCUT2D eigenvalue weighted by atomic mass is 10.2. The Morgan fingerprint density at radius 3 is 2.64 bits per heavy atom. The number of aromatic nitrogens is 3. The van der Waals surface area contributed by atoms with Crippen LogP contribution in [0.15, 0.2) is 36.8 Å². The molecule has 1 saturated heterocycles. The van der Waals surface area contributed by atoms with Gasteiger partial charge in [-0.15, -0.1) is 0 Å². The van der Waals surface area contributed by atoms with Crippen LogP contribution in [0, 0.1) is 0 Å². The maximum absolute atomic E-state index is 13.0. The second kappa shape index (κ2) is 8.37. The van der Waals surface area contributed by atoms with Gasteiger partial charge in [0.15, 0.2) is 5.65 Å². The molecule has 1 amide bonds. The molecule has 1 aliphatic heterocycles. The van der Waals surface area contributed by atoms with E-state index in [1.165, 1.54) is 16.6 Å². The summed E-state index contributed by atoms with van der Waals surface area (Å²) in [6, 6.07) is 2.78. The highest BCUT2D eigenvalue weighted by molar-refractivity contribution is 5.73. The fourth-order valence-corrected chi connectivity index (χ4v) is 3.26. The maximum Gasteiger partial charge on any atom is 0.282 e. The first-order valence-electron chi connectivity index (χ1n) is 9.12. The summed E-state index contributed by atoms with van der Waals surface area (Å²) in [5.74, 6) is 0.920. The van der Waals surface area contributed by atoms with Gasteiger partial charge in [-0.25, -0.2) is 18.3 Å². The van der Waals surface area contributed by atoms with Gasteiger partial charge in [0.25, 0.3) is 6.43 Å². The Morgan fingerprint density at radius 2 is 1.96 bits per heavy atom. The summed E-state index contributed by atoms with van der Waals surface area (Å²) in [5.41, 5.74) is 1.31. The molecule has 0 aliphatic carbocycles. The molecule has 3 rings (SSSR count). The van der Waals surface area contributed by atoms with E-state index in [2.05, 4.69) is 26.9 Å². The second-order valence-electron chi connectivity index (χ2n) is 6.62. The number of fused-ring (bicyclic) bond motifs is 1. The molecule has 0 unspecified atom stereocenters. The maximum atomic E-state index is 13.0. The van der Waals surface area contributed by atoms with Gasteiger partial charge in [0, 0.05) is 40.2 Å². The zero-order chi connectivity index (χ0) is 20.3. The number of amides is 1. The second-order valence-corrected chi connectivity index (χ2v) is 6.62. The lowest BCUT2D eigenvalue weighted by molar-refractivity contribution is -0.128. The van der Waals surface area contributed by atoms with Crippen molar-refractivity contribution in [2.75, 3.05) is 33.2 Å². The summed E-state index contributed by atoms with van der Waals surface area (Å²) in [5, 5.41) is 7.15. The number of alkyl halides is 2. The van der Waals surface area contributed by atoms with E-state index in [1.54, 1.807) is 13.1 Å². The third-order valence-electron chi connectivity index (χ3n) is 4.78. The largest absolute Gasteiger partial charge is 0.375 e. The number of rotatable bonds is 5. The van der Waals surface area contributed by atoms with Crippen LogP contribution < -0.4 is 5.32 Å². The van der Waals surface area contributed by atoms with Gasteiger partial charge in [-0.1, -0.05) is 6.58 Å². The summed E-state index contributed by atoms with van der Waals surface area (Å²) in [6.45, 7) is 8.53. The molecule has 0 saturated carbocycles. The summed E-state index contributed by atoms with van der Waals surface area (Å²) in [4.78, 5) is 19.8. The van der Waals surface area contributed by atoms with E-state index in [0.29, 0.717) is 30.0 Å². The van der Waals surface area contributed by atoms with Crippen molar-refractivity contribution in [1.29, 1.82) is 0 Å². The van der Waals surface area contributed by atoms with Gasteiger partial charge in [-0.2, -0.15) is 5.10 Å². The Bertz CT molecular complexity index is 907. The predicted molar refractivity (Wildman–Crippen MR) is 103 cm³/mol. The molecular weight excluding hydrogens is 366 g/mol. The Morgan fingerprint density at radius 1 is 1.25 bits per heavy atom. The van der Waals surface area contributed by atoms with Crippen molar-refractivity contribution in [3.63, 3.8) is 0 Å². The van der Waals surface area contributed by atoms with Gasteiger partial charge in [0.1, 0.15) is 11.5 Å². The highest BCUT2D eigenvalue weighted by atomic mass is 19.3. The van der Waals surface area contributed by atoms with Crippen LogP contribution >= 0.6 is 0 Å². The zero-order valence-corrected chi connectivity index (χ0v) is 16.0. The standard InChI is InChI=1S/C19H24F2N6O/c1-13(16-12-23-17-6-5-15(19(20)21)24-27(16)17)11-18(22-3)26-8-4-7-25(9-10-26)14(2)28/h5-6,11-12,19,22H,1,4,7-10H2,2-3H3/b18-11+. The van der Waals surface area contributed by atoms with E-state index in [4.69, 9.17) is 0 Å². The third kappa shape index (κ3) is 4.13. The van der Waals surface area contributed by atoms with Crippen LogP contribution in [0.1, 0.15) is 31.2 Å². The molecule has 3 heterocycles. The van der Waals surface area contributed by atoms with Crippen LogP contribution in [0.2, 0.25) is 0 Å². The summed E-state index contributed by atoms with van der Waals surface area (Å²) >= 11 is 0. The topological polar surface area (TPSA) is 65.8 Å². The van der Waals surface area contributed by atoms with Crippen molar-refractivity contribution in [2.45, 2.75) is 19.8 Å². The van der Waals surface area contributed by atoms with Crippen molar-refractivity contribution < 1.29 is 13.6 Å². The van der Waals surface area contributed by atoms with Crippen LogP contribution in [0.5, 0.6) is 0 Å². The van der Waals surface area contributed by atoms with E-state index in [-0.39, 0.29) is 11.6 Å². The average molecular weight is 390 g/mol. The Hall–Kier alpha value is -2.97. The first-order valence-corrected chi connectivity index (χ1v) is 9.12. The molecule has 150 valence electrons. The molecule has 1 aliphatic rings. The normalized spacial score (nSPS) is 15.8. The molecule has 0 bridgehead atoms. The minimum atomic E-state index is -2.65. The van der Waals surface area contributed by atoms with Gasteiger partial charge < -0.3 is 15.1 Å². The summed E-state index contributed by atoms with van der Waals surface area (Å²) in [6.07, 6.45) is 1.63. The first kappa shape index (κ1) is 19.8. The molecule has 0 aromatic carbocycles. The average Bonchev–Trinajstić information content (AvgIpc) is 2.93. The SMILES string of the molecule is C=C(/C=C(\NC)N1CCCN(C(C)=O)CC1)c1cnc2ccc(C(F)F)nn12. The van der Waals surface area contributed by atoms with Crippen molar-refractivity contribution in [3.8, 4) is 0 Å². The molecule has 9 heteroatoms. The number of hydrogen-bond acceptors (Lipinski definition) is 5. The minimum absolute atomic E-state index is 0.0767. The number of nitrogens with one attached hydrogen (secondary N) is 1. The number of nitrogens with zero attached hydrogens (tertiary/aromatic N) is 5. The molecule has 1 fully saturated rings. The van der Waals surface area contributed by atoms with Crippen molar-refractivity contribution in [3.05, 3.63) is 48.2 Å². The Kier molecular flexibility index (Phi) is 5.91. The number of halogens is 2. The predicted octanol–water partition coefficient (Wildman–Crippen LogP) is 2.30. The van der Waals surface area contributed by atoms with Crippen LogP contribution in [0.3, 0.4) is 0 Å². The summed E-state index contributed by atoms with van der Waals surface area (Å²) < 4.78 is 27.4. The fourth-order valence-electron chi connectivity index (χ4n) is 3.26. The molecule has 28 heavy (non-hydrogen) atoms. The van der Waals surface area contributed by atoms with Crippen LogP contribution in [0.25, 0.3) is 11.2 Å². The van der Waals surface area contributed by atoms with Crippen molar-refractivity contribution >= 4 is 17.1 Å². The van der Waals surface area contributed by atoms with E-state index < -0.39 is 6.43 Å². The molecular formula is C19H24F2N6O. The molecule has 1 N–H and O–H groups in total. The molecule has 0 atom stereocenters. The molecule has 0 radical (unpaired) electrons. The smallest absolute Gasteiger partial charge is 0.282 e. The van der Waals surface area contributed by atoms with Gasteiger partial charge >= 0.3 is 0 Å². The molecule has 0 spiro atoms. The highest BCUT2D eigenvalue weighted by Crippen LogP contribution is 2.21. The number of imidazole rings is 1. The van der Waals surface area contributed by atoms with Crippen LogP contribution in [-0.2, 0) is 4.79 Å². The third-order valence-corrected chi connectivity index (χ3v) is 4.78. The van der Waals surface area contributed by atoms with E-state index in [1.807, 2.05) is 18.0 Å². The van der Waals surface area contributed by atoms with Crippen LogP contribution in [0.4, 0.5) is 8.78 Å². The van der Waals surface area contributed by atoms with E-state index >= 15 is 0 Å². The quantitative estimate of drug-likeness (QED) is 0.794. The zero-order valence-electron chi connectivity index (χ0n) is 16.0. The van der Waals surface area contributed by atoms with Gasteiger partial charge in [0.2, 0.25) is 5.91 Å². The Balaban J connectivity index is 1.84. The minimum Gasteiger partial charge on any atom is -0.375 e. The van der Waals surface area contributed by atoms with Crippen LogP contribution in [-0.4, -0.2) is 63.5 Å². The molecule has 2 aromatic rings. The fraction of sp³-hybridized carbons (Fsp3) is 0.421. The summed E-state index contributed by atoms with van der Waals surface area (Å²) in [7, 11) is 1.81. The van der Waals surface area contributed by atoms with E-state index in [9.17, 15) is 13.6 Å². The monoisotopic (exact) mass is 390 g/mol. The number of carbonyl (C=O) groups excluding carboxylic acids is 1. The van der Waals surface area contributed by atoms with Crippen molar-refractivity contribution in [2.24, 2.45) is 0 Å². The van der Waals surface area contributed by atoms with Gasteiger partial charge in [-0.05, 0) is 30.2 Å². The molecule has 7 nitrogen and oxygen atoms in total. The lowest BCUT2D eigenvalue weighted by Gasteiger charge is -2.26.